The Morgan fingerprint density at radius 1 is 1.20 bits per heavy atom. The van der Waals surface area contributed by atoms with Gasteiger partial charge in [0.1, 0.15) is 0 Å². The molecule has 1 heterocycles. The van der Waals surface area contributed by atoms with Crippen molar-refractivity contribution >= 4 is 15.7 Å². The summed E-state index contributed by atoms with van der Waals surface area (Å²) < 4.78 is 26.2. The third kappa shape index (κ3) is 2.97. The molecule has 0 radical (unpaired) electrons. The number of nitrogens with two attached hydrogens (primary N) is 1. The van der Waals surface area contributed by atoms with Crippen LogP contribution >= 0.6 is 0 Å². The highest BCUT2D eigenvalue weighted by atomic mass is 32.2. The van der Waals surface area contributed by atoms with E-state index in [-0.39, 0.29) is 4.90 Å². The molecule has 0 atom stereocenters. The van der Waals surface area contributed by atoms with Crippen LogP contribution in [-0.2, 0) is 16.4 Å². The monoisotopic (exact) mass is 291 g/mol. The van der Waals surface area contributed by atoms with Gasteiger partial charge < -0.3 is 5.73 Å². The SMILES string of the molecule is CN(c1cccnc1)S(=O)(=O)c1ccc(CCN)cc1. The molecule has 0 fully saturated rings. The fraction of sp³-hybridized carbons (Fsp3) is 0.214. The zero-order valence-corrected chi connectivity index (χ0v) is 12.0. The van der Waals surface area contributed by atoms with Crippen molar-refractivity contribution in [3.8, 4) is 0 Å². The minimum atomic E-state index is -3.56. The number of hydrogen-bond donors (Lipinski definition) is 1. The van der Waals surface area contributed by atoms with Crippen LogP contribution in [0.25, 0.3) is 0 Å². The van der Waals surface area contributed by atoms with Crippen LogP contribution < -0.4 is 10.0 Å². The van der Waals surface area contributed by atoms with Crippen molar-refractivity contribution < 1.29 is 8.42 Å². The Morgan fingerprint density at radius 2 is 1.90 bits per heavy atom. The highest BCUT2D eigenvalue weighted by Gasteiger charge is 2.21. The smallest absolute Gasteiger partial charge is 0.264 e. The quantitative estimate of drug-likeness (QED) is 0.903. The summed E-state index contributed by atoms with van der Waals surface area (Å²) >= 11 is 0. The van der Waals surface area contributed by atoms with Crippen LogP contribution in [0.5, 0.6) is 0 Å². The molecular formula is C14H17N3O2S. The van der Waals surface area contributed by atoms with Crippen molar-refractivity contribution in [2.75, 3.05) is 17.9 Å². The van der Waals surface area contributed by atoms with E-state index >= 15 is 0 Å². The first-order valence-corrected chi connectivity index (χ1v) is 7.67. The molecule has 1 aromatic carbocycles. The van der Waals surface area contributed by atoms with E-state index in [1.807, 2.05) is 0 Å². The molecule has 6 heteroatoms. The van der Waals surface area contributed by atoms with E-state index < -0.39 is 10.0 Å². The van der Waals surface area contributed by atoms with Crippen LogP contribution in [0.2, 0.25) is 0 Å². The van der Waals surface area contributed by atoms with Gasteiger partial charge in [0, 0.05) is 13.2 Å². The second-order valence-electron chi connectivity index (χ2n) is 4.37. The van der Waals surface area contributed by atoms with Crippen molar-refractivity contribution in [2.45, 2.75) is 11.3 Å². The van der Waals surface area contributed by atoms with Crippen molar-refractivity contribution in [1.29, 1.82) is 0 Å². The first-order valence-electron chi connectivity index (χ1n) is 6.23. The predicted molar refractivity (Wildman–Crippen MR) is 79.0 cm³/mol. The van der Waals surface area contributed by atoms with Crippen molar-refractivity contribution in [3.63, 3.8) is 0 Å². The predicted octanol–water partition coefficient (Wildman–Crippen LogP) is 1.41. The topological polar surface area (TPSA) is 76.3 Å². The maximum absolute atomic E-state index is 12.5. The fourth-order valence-corrected chi connectivity index (χ4v) is 3.01. The molecule has 0 bridgehead atoms. The summed E-state index contributed by atoms with van der Waals surface area (Å²) in [7, 11) is -2.05. The van der Waals surface area contributed by atoms with Gasteiger partial charge in [0.2, 0.25) is 0 Å². The molecule has 0 aliphatic heterocycles. The largest absolute Gasteiger partial charge is 0.330 e. The average Bonchev–Trinajstić information content (AvgIpc) is 2.48. The molecule has 0 spiro atoms. The van der Waals surface area contributed by atoms with Crippen LogP contribution in [0, 0.1) is 0 Å². The van der Waals surface area contributed by atoms with E-state index in [1.54, 1.807) is 42.6 Å². The highest BCUT2D eigenvalue weighted by Crippen LogP contribution is 2.21. The molecule has 2 N–H and O–H groups in total. The Kier molecular flexibility index (Phi) is 4.36. The molecule has 20 heavy (non-hydrogen) atoms. The molecule has 1 aromatic heterocycles. The van der Waals surface area contributed by atoms with Gasteiger partial charge in [-0.05, 0) is 42.8 Å². The second-order valence-corrected chi connectivity index (χ2v) is 6.34. The van der Waals surface area contributed by atoms with E-state index in [2.05, 4.69) is 4.98 Å². The molecule has 106 valence electrons. The van der Waals surface area contributed by atoms with Crippen LogP contribution in [-0.4, -0.2) is 27.0 Å². The third-order valence-electron chi connectivity index (χ3n) is 3.02. The van der Waals surface area contributed by atoms with Gasteiger partial charge in [0.15, 0.2) is 0 Å². The van der Waals surface area contributed by atoms with Gasteiger partial charge in [-0.3, -0.25) is 9.29 Å². The number of benzene rings is 1. The minimum absolute atomic E-state index is 0.254. The van der Waals surface area contributed by atoms with E-state index in [1.165, 1.54) is 17.5 Å². The van der Waals surface area contributed by atoms with E-state index in [9.17, 15) is 8.42 Å². The zero-order chi connectivity index (χ0) is 14.6. The number of aromatic nitrogens is 1. The lowest BCUT2D eigenvalue weighted by molar-refractivity contribution is 0.594. The Labute approximate surface area is 119 Å². The van der Waals surface area contributed by atoms with Gasteiger partial charge in [-0.2, -0.15) is 0 Å². The summed E-state index contributed by atoms with van der Waals surface area (Å²) in [5.74, 6) is 0. The summed E-state index contributed by atoms with van der Waals surface area (Å²) in [6.45, 7) is 0.543. The fourth-order valence-electron chi connectivity index (χ4n) is 1.83. The lowest BCUT2D eigenvalue weighted by Crippen LogP contribution is -2.26. The molecule has 0 aliphatic carbocycles. The van der Waals surface area contributed by atoms with E-state index in [0.29, 0.717) is 12.2 Å². The molecule has 0 unspecified atom stereocenters. The molecule has 0 saturated heterocycles. The first kappa shape index (κ1) is 14.5. The van der Waals surface area contributed by atoms with Gasteiger partial charge >= 0.3 is 0 Å². The van der Waals surface area contributed by atoms with Crippen molar-refractivity contribution in [2.24, 2.45) is 5.73 Å². The molecule has 2 rings (SSSR count). The Bertz CT molecular complexity index is 655. The molecule has 5 nitrogen and oxygen atoms in total. The van der Waals surface area contributed by atoms with E-state index in [4.69, 9.17) is 5.73 Å². The number of pyridine rings is 1. The first-order chi connectivity index (χ1) is 9.55. The molecular weight excluding hydrogens is 274 g/mol. The van der Waals surface area contributed by atoms with Gasteiger partial charge in [0.25, 0.3) is 10.0 Å². The van der Waals surface area contributed by atoms with Crippen LogP contribution in [0.15, 0.2) is 53.7 Å². The maximum Gasteiger partial charge on any atom is 0.264 e. The number of anilines is 1. The second kappa shape index (κ2) is 6.02. The van der Waals surface area contributed by atoms with Gasteiger partial charge in [-0.15, -0.1) is 0 Å². The normalized spacial score (nSPS) is 11.3. The van der Waals surface area contributed by atoms with Crippen LogP contribution in [0.3, 0.4) is 0 Å². The van der Waals surface area contributed by atoms with Gasteiger partial charge in [-0.25, -0.2) is 8.42 Å². The summed E-state index contributed by atoms with van der Waals surface area (Å²) in [6.07, 6.45) is 3.85. The number of rotatable bonds is 5. The van der Waals surface area contributed by atoms with Gasteiger partial charge in [0.05, 0.1) is 16.8 Å². The number of sulfonamides is 1. The van der Waals surface area contributed by atoms with E-state index in [0.717, 1.165) is 12.0 Å². The van der Waals surface area contributed by atoms with Crippen molar-refractivity contribution in [1.82, 2.24) is 4.98 Å². The molecule has 0 saturated carbocycles. The maximum atomic E-state index is 12.5. The summed E-state index contributed by atoms with van der Waals surface area (Å²) in [5, 5.41) is 0. The lowest BCUT2D eigenvalue weighted by atomic mass is 10.2. The zero-order valence-electron chi connectivity index (χ0n) is 11.2. The third-order valence-corrected chi connectivity index (χ3v) is 4.82. The molecule has 2 aromatic rings. The standard InChI is InChI=1S/C14H17N3O2S/c1-17(13-3-2-10-16-11-13)20(18,19)14-6-4-12(5-7-14)8-9-15/h2-7,10-11H,8-9,15H2,1H3. The molecule has 0 aliphatic rings. The Hall–Kier alpha value is -1.92. The lowest BCUT2D eigenvalue weighted by Gasteiger charge is -2.19. The van der Waals surface area contributed by atoms with Crippen LogP contribution in [0.1, 0.15) is 5.56 Å². The average molecular weight is 291 g/mol. The molecule has 0 amide bonds. The Morgan fingerprint density at radius 3 is 2.45 bits per heavy atom. The summed E-state index contributed by atoms with van der Waals surface area (Å²) in [5.41, 5.74) is 7.03. The highest BCUT2D eigenvalue weighted by molar-refractivity contribution is 7.92. The van der Waals surface area contributed by atoms with Crippen molar-refractivity contribution in [3.05, 3.63) is 54.4 Å². The summed E-state index contributed by atoms with van der Waals surface area (Å²) in [6, 6.07) is 10.2. The Balaban J connectivity index is 2.30. The van der Waals surface area contributed by atoms with Gasteiger partial charge in [-0.1, -0.05) is 12.1 Å². The summed E-state index contributed by atoms with van der Waals surface area (Å²) in [4.78, 5) is 4.19. The number of hydrogen-bond acceptors (Lipinski definition) is 4. The minimum Gasteiger partial charge on any atom is -0.330 e. The number of nitrogens with zero attached hydrogens (tertiary/aromatic N) is 2. The van der Waals surface area contributed by atoms with Crippen LogP contribution in [0.4, 0.5) is 5.69 Å².